The zero-order valence-corrected chi connectivity index (χ0v) is 26.1. The molecule has 4 heterocycles. The van der Waals surface area contributed by atoms with Gasteiger partial charge in [0, 0.05) is 57.6 Å². The highest BCUT2D eigenvalue weighted by Gasteiger charge is 2.49. The van der Waals surface area contributed by atoms with E-state index in [0.29, 0.717) is 35.9 Å². The summed E-state index contributed by atoms with van der Waals surface area (Å²) in [5, 5.41) is 0. The van der Waals surface area contributed by atoms with Crippen molar-refractivity contribution in [3.8, 4) is 21.9 Å². The first-order chi connectivity index (χ1) is 19.5. The molecule has 1 saturated carbocycles. The van der Waals surface area contributed by atoms with Gasteiger partial charge in [-0.05, 0) is 103 Å². The van der Waals surface area contributed by atoms with Gasteiger partial charge in [-0.15, -0.1) is 11.3 Å². The van der Waals surface area contributed by atoms with Crippen molar-refractivity contribution < 1.29 is 14.3 Å². The van der Waals surface area contributed by atoms with E-state index in [1.165, 1.54) is 4.88 Å². The maximum absolute atomic E-state index is 14.2. The van der Waals surface area contributed by atoms with Gasteiger partial charge in [-0.1, -0.05) is 0 Å². The maximum Gasteiger partial charge on any atom is 0.254 e. The highest BCUT2D eigenvalue weighted by Crippen LogP contribution is 2.56. The first kappa shape index (κ1) is 28.0. The molecule has 1 aromatic carbocycles. The molecule has 3 aromatic rings. The van der Waals surface area contributed by atoms with Crippen LogP contribution in [-0.2, 0) is 13.0 Å². The second-order valence-corrected chi connectivity index (χ2v) is 13.8. The SMILES string of the molecule is Cc1cc(C)c(CN2CCc3c(c(C)c4c(c3-c3ccc(C)s3)O[C@@](C)(C3CCC(N(C)C)CC3)O4)C2=O)c(=O)[nH]1. The van der Waals surface area contributed by atoms with Gasteiger partial charge in [0.2, 0.25) is 0 Å². The zero-order valence-electron chi connectivity index (χ0n) is 25.3. The molecule has 1 N–H and O–H groups in total. The Morgan fingerprint density at radius 3 is 2.37 bits per heavy atom. The minimum absolute atomic E-state index is 0.0517. The molecule has 0 unspecified atom stereocenters. The fourth-order valence-electron chi connectivity index (χ4n) is 7.11. The van der Waals surface area contributed by atoms with Crippen molar-refractivity contribution in [1.29, 1.82) is 0 Å². The minimum Gasteiger partial charge on any atom is -0.448 e. The van der Waals surface area contributed by atoms with Crippen LogP contribution in [-0.4, -0.2) is 53.2 Å². The van der Waals surface area contributed by atoms with E-state index in [0.717, 1.165) is 64.3 Å². The van der Waals surface area contributed by atoms with E-state index in [4.69, 9.17) is 9.47 Å². The monoisotopic (exact) mass is 575 g/mol. The summed E-state index contributed by atoms with van der Waals surface area (Å²) in [6.07, 6.45) is 5.01. The molecule has 1 aliphatic carbocycles. The summed E-state index contributed by atoms with van der Waals surface area (Å²) >= 11 is 1.72. The molecule has 41 heavy (non-hydrogen) atoms. The summed E-state index contributed by atoms with van der Waals surface area (Å²) in [6, 6.07) is 6.82. The van der Waals surface area contributed by atoms with Crippen LogP contribution >= 0.6 is 11.3 Å². The molecule has 3 aliphatic rings. The van der Waals surface area contributed by atoms with Crippen molar-refractivity contribution in [3.63, 3.8) is 0 Å². The maximum atomic E-state index is 14.2. The molecule has 0 radical (unpaired) electrons. The van der Waals surface area contributed by atoms with Gasteiger partial charge in [0.05, 0.1) is 12.1 Å². The molecule has 0 saturated heterocycles. The quantitative estimate of drug-likeness (QED) is 0.395. The number of nitrogens with zero attached hydrogens (tertiary/aromatic N) is 2. The Morgan fingerprint density at radius 2 is 1.73 bits per heavy atom. The van der Waals surface area contributed by atoms with Gasteiger partial charge in [-0.25, -0.2) is 0 Å². The summed E-state index contributed by atoms with van der Waals surface area (Å²) in [5.74, 6) is 0.923. The van der Waals surface area contributed by atoms with E-state index >= 15 is 0 Å². The lowest BCUT2D eigenvalue weighted by Gasteiger charge is -2.39. The van der Waals surface area contributed by atoms with Crippen LogP contribution < -0.4 is 15.0 Å². The lowest BCUT2D eigenvalue weighted by molar-refractivity contribution is -0.123. The lowest BCUT2D eigenvalue weighted by atomic mass is 9.81. The average molecular weight is 576 g/mol. The van der Waals surface area contributed by atoms with Crippen molar-refractivity contribution in [3.05, 3.63) is 66.9 Å². The van der Waals surface area contributed by atoms with Crippen molar-refractivity contribution in [2.24, 2.45) is 5.92 Å². The minimum atomic E-state index is -0.773. The molecule has 2 aromatic heterocycles. The van der Waals surface area contributed by atoms with Crippen molar-refractivity contribution in [2.45, 2.75) is 85.1 Å². The third-order valence-electron chi connectivity index (χ3n) is 9.49. The Kier molecular flexibility index (Phi) is 7.05. The van der Waals surface area contributed by atoms with Gasteiger partial charge in [0.15, 0.2) is 11.5 Å². The average Bonchev–Trinajstić information content (AvgIpc) is 3.51. The van der Waals surface area contributed by atoms with Crippen molar-refractivity contribution in [1.82, 2.24) is 14.8 Å². The first-order valence-corrected chi connectivity index (χ1v) is 15.6. The molecular weight excluding hydrogens is 534 g/mol. The number of ether oxygens (including phenoxy) is 2. The number of hydrogen-bond acceptors (Lipinski definition) is 6. The largest absolute Gasteiger partial charge is 0.448 e. The van der Waals surface area contributed by atoms with E-state index in [1.54, 1.807) is 11.3 Å². The Morgan fingerprint density at radius 1 is 1.02 bits per heavy atom. The molecule has 0 spiro atoms. The predicted octanol–water partition coefficient (Wildman–Crippen LogP) is 6.14. The van der Waals surface area contributed by atoms with Gasteiger partial charge in [-0.3, -0.25) is 9.59 Å². The van der Waals surface area contributed by atoms with Gasteiger partial charge in [-0.2, -0.15) is 0 Å². The number of aromatic nitrogens is 1. The van der Waals surface area contributed by atoms with Gasteiger partial charge in [0.25, 0.3) is 17.3 Å². The summed E-state index contributed by atoms with van der Waals surface area (Å²) in [4.78, 5) is 36.3. The fraction of sp³-hybridized carbons (Fsp3) is 0.515. The van der Waals surface area contributed by atoms with E-state index in [2.05, 4.69) is 50.0 Å². The van der Waals surface area contributed by atoms with Crippen LogP contribution in [0, 0.1) is 33.6 Å². The summed E-state index contributed by atoms with van der Waals surface area (Å²) < 4.78 is 13.7. The standard InChI is InChI=1S/C33H41N3O4S/c1-18-16-19(2)34-31(37)25(18)17-36-15-14-24-27(32(36)38)21(4)29-30(28(24)26-13-8-20(3)41-26)40-33(5,39-29)22-9-11-23(12-10-22)35(6)7/h8,13,16,22-23H,9-12,14-15,17H2,1-7H3,(H,34,37)/t22?,23?,33-/m0/s1. The molecule has 6 rings (SSSR count). The molecule has 218 valence electrons. The number of pyridine rings is 1. The molecule has 8 heteroatoms. The third-order valence-corrected chi connectivity index (χ3v) is 10.5. The molecule has 1 amide bonds. The van der Waals surface area contributed by atoms with Gasteiger partial charge < -0.3 is 24.3 Å². The topological polar surface area (TPSA) is 74.9 Å². The second kappa shape index (κ2) is 10.3. The summed E-state index contributed by atoms with van der Waals surface area (Å²) in [6.45, 7) is 10.8. The number of aromatic amines is 1. The number of fused-ring (bicyclic) bond motifs is 2. The number of amides is 1. The molecular formula is C33H41N3O4S. The fourth-order valence-corrected chi connectivity index (χ4v) is 8.05. The van der Waals surface area contributed by atoms with E-state index in [9.17, 15) is 9.59 Å². The Bertz CT molecular complexity index is 1580. The number of carbonyl (C=O) groups excluding carboxylic acids is 1. The Labute approximate surface area is 246 Å². The van der Waals surface area contributed by atoms with Gasteiger partial charge in [0.1, 0.15) is 0 Å². The highest BCUT2D eigenvalue weighted by molar-refractivity contribution is 7.15. The van der Waals surface area contributed by atoms with Crippen LogP contribution in [0.5, 0.6) is 11.5 Å². The molecule has 0 bridgehead atoms. The number of nitrogens with one attached hydrogen (secondary N) is 1. The number of aryl methyl sites for hydroxylation is 3. The normalized spacial score (nSPS) is 23.8. The second-order valence-electron chi connectivity index (χ2n) is 12.5. The van der Waals surface area contributed by atoms with Crippen molar-refractivity contribution >= 4 is 17.2 Å². The zero-order chi connectivity index (χ0) is 29.2. The van der Waals surface area contributed by atoms with Crippen LogP contribution in [0.2, 0.25) is 0 Å². The van der Waals surface area contributed by atoms with Crippen molar-refractivity contribution in [2.75, 3.05) is 20.6 Å². The highest BCUT2D eigenvalue weighted by atomic mass is 32.1. The number of H-pyrrole nitrogens is 1. The summed E-state index contributed by atoms with van der Waals surface area (Å²) in [5.41, 5.74) is 5.80. The lowest BCUT2D eigenvalue weighted by Crippen LogP contribution is -2.46. The van der Waals surface area contributed by atoms with Crippen LogP contribution in [0.4, 0.5) is 0 Å². The van der Waals surface area contributed by atoms with E-state index in [1.807, 2.05) is 31.7 Å². The Hall–Kier alpha value is -3.10. The number of rotatable bonds is 5. The first-order valence-electron chi connectivity index (χ1n) is 14.8. The van der Waals surface area contributed by atoms with Gasteiger partial charge >= 0.3 is 0 Å². The Balaban J connectivity index is 1.40. The van der Waals surface area contributed by atoms with Crippen LogP contribution in [0.15, 0.2) is 23.0 Å². The molecule has 1 fully saturated rings. The molecule has 7 nitrogen and oxygen atoms in total. The number of benzene rings is 1. The smallest absolute Gasteiger partial charge is 0.254 e. The molecule has 2 aliphatic heterocycles. The van der Waals surface area contributed by atoms with Crippen LogP contribution in [0.1, 0.15) is 75.8 Å². The number of hydrogen-bond donors (Lipinski definition) is 1. The van der Waals surface area contributed by atoms with E-state index < -0.39 is 5.79 Å². The summed E-state index contributed by atoms with van der Waals surface area (Å²) in [7, 11) is 4.32. The molecule has 1 atom stereocenters. The number of thiophene rings is 1. The van der Waals surface area contributed by atoms with Crippen LogP contribution in [0.3, 0.4) is 0 Å². The van der Waals surface area contributed by atoms with Crippen LogP contribution in [0.25, 0.3) is 10.4 Å². The predicted molar refractivity (Wildman–Crippen MR) is 163 cm³/mol. The van der Waals surface area contributed by atoms with E-state index in [-0.39, 0.29) is 23.9 Å². The third kappa shape index (κ3) is 4.79. The number of carbonyl (C=O) groups is 1.